The van der Waals surface area contributed by atoms with Gasteiger partial charge < -0.3 is 4.57 Å². The molecule has 1 heterocycles. The fraction of sp³-hybridized carbons (Fsp3) is 0.786. The fourth-order valence-corrected chi connectivity index (χ4v) is 2.89. The van der Waals surface area contributed by atoms with Crippen LogP contribution >= 0.6 is 11.8 Å². The minimum atomic E-state index is -0.105. The van der Waals surface area contributed by atoms with Gasteiger partial charge in [0.25, 0.3) is 0 Å². The molecule has 20 heavy (non-hydrogen) atoms. The molecule has 0 radical (unpaired) electrons. The molecule has 0 N–H and O–H groups in total. The molecule has 0 aliphatic rings. The Kier molecular flexibility index (Phi) is 7.03. The van der Waals surface area contributed by atoms with Crippen LogP contribution in [0.5, 0.6) is 0 Å². The number of thioether (sulfide) groups is 1. The van der Waals surface area contributed by atoms with Crippen LogP contribution in [-0.2, 0) is 6.54 Å². The first-order chi connectivity index (χ1) is 9.54. The van der Waals surface area contributed by atoms with Gasteiger partial charge in [-0.1, -0.05) is 32.0 Å². The summed E-state index contributed by atoms with van der Waals surface area (Å²) in [6.07, 6.45) is 3.23. The highest BCUT2D eigenvalue weighted by atomic mass is 32.2. The average molecular weight is 295 g/mol. The van der Waals surface area contributed by atoms with Crippen molar-refractivity contribution in [3.63, 3.8) is 0 Å². The lowest BCUT2D eigenvalue weighted by molar-refractivity contribution is 0.270. The van der Waals surface area contributed by atoms with Gasteiger partial charge in [0.15, 0.2) is 11.0 Å². The Morgan fingerprint density at radius 2 is 2.05 bits per heavy atom. The van der Waals surface area contributed by atoms with E-state index in [1.165, 1.54) is 11.8 Å². The van der Waals surface area contributed by atoms with Crippen LogP contribution in [0.25, 0.3) is 0 Å². The quantitative estimate of drug-likeness (QED) is 0.690. The van der Waals surface area contributed by atoms with E-state index >= 15 is 0 Å². The van der Waals surface area contributed by atoms with E-state index in [2.05, 4.69) is 53.7 Å². The molecule has 5 nitrogen and oxygen atoms in total. The zero-order valence-electron chi connectivity index (χ0n) is 13.1. The third-order valence-electron chi connectivity index (χ3n) is 3.25. The van der Waals surface area contributed by atoms with E-state index in [4.69, 9.17) is 5.26 Å². The van der Waals surface area contributed by atoms with Crippen LogP contribution in [0.2, 0.25) is 0 Å². The van der Waals surface area contributed by atoms with Gasteiger partial charge >= 0.3 is 0 Å². The Balaban J connectivity index is 3.07. The van der Waals surface area contributed by atoms with Crippen LogP contribution in [0.1, 0.15) is 51.9 Å². The van der Waals surface area contributed by atoms with E-state index in [1.807, 2.05) is 6.92 Å². The third-order valence-corrected chi connectivity index (χ3v) is 4.22. The van der Waals surface area contributed by atoms with Crippen molar-refractivity contribution in [2.24, 2.45) is 0 Å². The van der Waals surface area contributed by atoms with E-state index in [0.717, 1.165) is 36.8 Å². The van der Waals surface area contributed by atoms with Crippen LogP contribution in [0, 0.1) is 11.3 Å². The number of rotatable bonds is 8. The van der Waals surface area contributed by atoms with Gasteiger partial charge in [0.1, 0.15) is 0 Å². The molecule has 0 bridgehead atoms. The number of nitriles is 1. The zero-order chi connectivity index (χ0) is 15.1. The fourth-order valence-electron chi connectivity index (χ4n) is 2.12. The minimum Gasteiger partial charge on any atom is -0.305 e. The molecule has 1 aromatic heterocycles. The Labute approximate surface area is 126 Å². The molecular weight excluding hydrogens is 270 g/mol. The first-order valence-corrected chi connectivity index (χ1v) is 8.08. The molecular formula is C14H25N5S. The second kappa shape index (κ2) is 8.28. The van der Waals surface area contributed by atoms with Crippen molar-refractivity contribution >= 4 is 11.8 Å². The van der Waals surface area contributed by atoms with E-state index < -0.39 is 0 Å². The van der Waals surface area contributed by atoms with E-state index in [1.54, 1.807) is 0 Å². The molecule has 0 aromatic carbocycles. The lowest BCUT2D eigenvalue weighted by Gasteiger charge is -2.23. The Morgan fingerprint density at radius 1 is 1.35 bits per heavy atom. The van der Waals surface area contributed by atoms with Crippen LogP contribution in [0.15, 0.2) is 5.16 Å². The van der Waals surface area contributed by atoms with E-state index in [0.29, 0.717) is 0 Å². The highest BCUT2D eigenvalue weighted by Crippen LogP contribution is 2.27. The summed E-state index contributed by atoms with van der Waals surface area (Å²) in [7, 11) is 4.13. The van der Waals surface area contributed by atoms with Crippen molar-refractivity contribution in [1.82, 2.24) is 19.7 Å². The molecule has 0 amide bonds. The van der Waals surface area contributed by atoms with Gasteiger partial charge in [-0.3, -0.25) is 4.90 Å². The monoisotopic (exact) mass is 295 g/mol. The Bertz CT molecular complexity index is 449. The highest BCUT2D eigenvalue weighted by molar-refractivity contribution is 8.00. The van der Waals surface area contributed by atoms with Crippen LogP contribution in [0.4, 0.5) is 0 Å². The van der Waals surface area contributed by atoms with Gasteiger partial charge in [0.05, 0.1) is 17.4 Å². The zero-order valence-corrected chi connectivity index (χ0v) is 13.9. The molecule has 6 heteroatoms. The van der Waals surface area contributed by atoms with Gasteiger partial charge in [-0.2, -0.15) is 5.26 Å². The van der Waals surface area contributed by atoms with E-state index in [9.17, 15) is 0 Å². The molecule has 0 aliphatic heterocycles. The number of unbranched alkanes of at least 4 members (excludes halogenated alkanes) is 1. The summed E-state index contributed by atoms with van der Waals surface area (Å²) in [5.41, 5.74) is 0. The predicted molar refractivity (Wildman–Crippen MR) is 82.6 cm³/mol. The number of nitrogens with zero attached hydrogens (tertiary/aromatic N) is 5. The summed E-state index contributed by atoms with van der Waals surface area (Å²) in [5.74, 6) is 1.01. The number of aromatic nitrogens is 3. The number of hydrogen-bond donors (Lipinski definition) is 0. The number of hydrogen-bond acceptors (Lipinski definition) is 5. The van der Waals surface area contributed by atoms with Crippen molar-refractivity contribution in [1.29, 1.82) is 5.26 Å². The Morgan fingerprint density at radius 3 is 2.55 bits per heavy atom. The smallest absolute Gasteiger partial charge is 0.192 e. The maximum atomic E-state index is 8.98. The summed E-state index contributed by atoms with van der Waals surface area (Å²) < 4.78 is 2.19. The maximum Gasteiger partial charge on any atom is 0.192 e. The van der Waals surface area contributed by atoms with Crippen molar-refractivity contribution in [3.8, 4) is 6.07 Å². The van der Waals surface area contributed by atoms with Gasteiger partial charge in [-0.15, -0.1) is 10.2 Å². The van der Waals surface area contributed by atoms with Gasteiger partial charge in [-0.25, -0.2) is 0 Å². The predicted octanol–water partition coefficient (Wildman–Crippen LogP) is 3.10. The molecule has 2 atom stereocenters. The molecule has 0 spiro atoms. The van der Waals surface area contributed by atoms with Crippen molar-refractivity contribution in [2.45, 2.75) is 63.0 Å². The lowest BCUT2D eigenvalue weighted by Crippen LogP contribution is -2.23. The lowest BCUT2D eigenvalue weighted by atomic mass is 10.2. The van der Waals surface area contributed by atoms with Crippen LogP contribution in [-0.4, -0.2) is 39.0 Å². The highest BCUT2D eigenvalue weighted by Gasteiger charge is 2.22. The summed E-state index contributed by atoms with van der Waals surface area (Å²) >= 11 is 1.49. The standard InChI is InChI=1S/C14H25N5S/c1-6-8-9-19-13(12(7-2)18(4)5)16-17-14(19)20-11(3)10-15/h11-12H,6-9H2,1-5H3. The Hall–Kier alpha value is -1.06. The first kappa shape index (κ1) is 17.0. The summed E-state index contributed by atoms with van der Waals surface area (Å²) in [6.45, 7) is 7.16. The third kappa shape index (κ3) is 4.22. The van der Waals surface area contributed by atoms with Crippen LogP contribution < -0.4 is 0 Å². The molecule has 1 aromatic rings. The van der Waals surface area contributed by atoms with Crippen molar-refractivity contribution < 1.29 is 0 Å². The molecule has 0 saturated heterocycles. The molecule has 2 unspecified atom stereocenters. The topological polar surface area (TPSA) is 57.7 Å². The van der Waals surface area contributed by atoms with Crippen LogP contribution in [0.3, 0.4) is 0 Å². The van der Waals surface area contributed by atoms with E-state index in [-0.39, 0.29) is 11.3 Å². The average Bonchev–Trinajstić information content (AvgIpc) is 2.79. The van der Waals surface area contributed by atoms with Crippen molar-refractivity contribution in [3.05, 3.63) is 5.82 Å². The minimum absolute atomic E-state index is 0.105. The maximum absolute atomic E-state index is 8.98. The normalized spacial score (nSPS) is 14.2. The molecule has 0 aliphatic carbocycles. The van der Waals surface area contributed by atoms with Gasteiger partial charge in [0.2, 0.25) is 0 Å². The SMILES string of the molecule is CCCCn1c(SC(C)C#N)nnc1C(CC)N(C)C. The molecule has 0 saturated carbocycles. The summed E-state index contributed by atoms with van der Waals surface area (Å²) in [5, 5.41) is 18.4. The molecule has 0 fully saturated rings. The van der Waals surface area contributed by atoms with Gasteiger partial charge in [-0.05, 0) is 33.9 Å². The van der Waals surface area contributed by atoms with Crippen molar-refractivity contribution in [2.75, 3.05) is 14.1 Å². The summed E-state index contributed by atoms with van der Waals surface area (Å²) in [6, 6.07) is 2.51. The van der Waals surface area contributed by atoms with Gasteiger partial charge in [0, 0.05) is 6.54 Å². The summed E-state index contributed by atoms with van der Waals surface area (Å²) in [4.78, 5) is 2.18. The second-order valence-corrected chi connectivity index (χ2v) is 6.43. The first-order valence-electron chi connectivity index (χ1n) is 7.20. The molecule has 112 valence electrons. The second-order valence-electron chi connectivity index (χ2n) is 5.12. The largest absolute Gasteiger partial charge is 0.305 e. The molecule has 1 rings (SSSR count).